The fourth-order valence-corrected chi connectivity index (χ4v) is 7.93. The lowest BCUT2D eigenvalue weighted by molar-refractivity contribution is 0.188. The van der Waals surface area contributed by atoms with E-state index in [2.05, 4.69) is 21.9 Å². The number of benzene rings is 2. The highest BCUT2D eigenvalue weighted by Crippen LogP contribution is 2.37. The van der Waals surface area contributed by atoms with Gasteiger partial charge in [-0.1, -0.05) is 46.9 Å². The molecule has 0 amide bonds. The van der Waals surface area contributed by atoms with E-state index >= 15 is 0 Å². The third-order valence-corrected chi connectivity index (χ3v) is 10.9. The van der Waals surface area contributed by atoms with Crippen molar-refractivity contribution in [1.82, 2.24) is 9.21 Å². The van der Waals surface area contributed by atoms with E-state index in [1.165, 1.54) is 5.56 Å². The van der Waals surface area contributed by atoms with Gasteiger partial charge in [0.2, 0.25) is 10.0 Å². The van der Waals surface area contributed by atoms with Crippen molar-refractivity contribution < 1.29 is 8.42 Å². The monoisotopic (exact) mass is 555 g/mol. The Bertz CT molecular complexity index is 1130. The highest BCUT2D eigenvalue weighted by molar-refractivity contribution is 7.90. The number of piperazine rings is 1. The Morgan fingerprint density at radius 2 is 1.51 bits per heavy atom. The summed E-state index contributed by atoms with van der Waals surface area (Å²) < 4.78 is 26.8. The molecular weight excluding hydrogens is 525 g/mol. The molecule has 2 aromatic carbocycles. The van der Waals surface area contributed by atoms with Crippen LogP contribution in [0.3, 0.4) is 0 Å². The summed E-state index contributed by atoms with van der Waals surface area (Å²) in [6.45, 7) is 5.10. The van der Waals surface area contributed by atoms with Crippen LogP contribution in [0.5, 0.6) is 0 Å². The van der Waals surface area contributed by atoms with Crippen molar-refractivity contribution in [1.29, 1.82) is 0 Å². The molecule has 5 nitrogen and oxygen atoms in total. The van der Waals surface area contributed by atoms with Crippen LogP contribution >= 0.6 is 34.8 Å². The van der Waals surface area contributed by atoms with E-state index in [1.807, 2.05) is 24.3 Å². The van der Waals surface area contributed by atoms with Crippen LogP contribution in [0.2, 0.25) is 15.1 Å². The number of halogens is 3. The van der Waals surface area contributed by atoms with Crippen LogP contribution in [-0.2, 0) is 10.0 Å². The number of hydrogen-bond acceptors (Lipinski definition) is 4. The summed E-state index contributed by atoms with van der Waals surface area (Å²) >= 11 is 18.9. The number of anilines is 1. The smallest absolute Gasteiger partial charge is 0.216 e. The summed E-state index contributed by atoms with van der Waals surface area (Å²) in [7, 11) is -3.04. The van der Waals surface area contributed by atoms with Gasteiger partial charge in [0.1, 0.15) is 0 Å². The summed E-state index contributed by atoms with van der Waals surface area (Å²) in [4.78, 5) is 4.91. The van der Waals surface area contributed by atoms with E-state index < -0.39 is 10.0 Å². The van der Waals surface area contributed by atoms with Crippen molar-refractivity contribution >= 4 is 50.5 Å². The molecule has 2 aliphatic heterocycles. The zero-order valence-electron chi connectivity index (χ0n) is 19.8. The van der Waals surface area contributed by atoms with Gasteiger partial charge in [0.05, 0.1) is 22.0 Å². The Morgan fingerprint density at radius 3 is 2.17 bits per heavy atom. The summed E-state index contributed by atoms with van der Waals surface area (Å²) in [5.41, 5.74) is 2.21. The second-order valence-electron chi connectivity index (χ2n) is 10.0. The van der Waals surface area contributed by atoms with Gasteiger partial charge in [-0.25, -0.2) is 12.7 Å². The maximum absolute atomic E-state index is 12.5. The van der Waals surface area contributed by atoms with Crippen molar-refractivity contribution in [3.8, 4) is 0 Å². The predicted molar refractivity (Wildman–Crippen MR) is 145 cm³/mol. The number of nitrogens with zero attached hydrogens (tertiary/aromatic N) is 3. The van der Waals surface area contributed by atoms with Crippen LogP contribution in [-0.4, -0.2) is 62.1 Å². The first kappa shape index (κ1) is 25.6. The fourth-order valence-electron chi connectivity index (χ4n) is 5.41. The SMILES string of the molecule is O=S(=O)(C1CC1)N1CCC(CCN2CCN(c3ccc(Cl)cc3Cl)[C@H](c3ccc(Cl)cc3)C2)CC1. The summed E-state index contributed by atoms with van der Waals surface area (Å²) in [5, 5.41) is 1.93. The van der Waals surface area contributed by atoms with Crippen molar-refractivity contribution in [2.75, 3.05) is 44.2 Å². The lowest BCUT2D eigenvalue weighted by Crippen LogP contribution is -2.49. The average molecular weight is 557 g/mol. The van der Waals surface area contributed by atoms with Crippen LogP contribution in [0.4, 0.5) is 5.69 Å². The van der Waals surface area contributed by atoms with Gasteiger partial charge in [0.25, 0.3) is 0 Å². The van der Waals surface area contributed by atoms with E-state index in [0.29, 0.717) is 29.1 Å². The quantitative estimate of drug-likeness (QED) is 0.413. The number of rotatable bonds is 7. The van der Waals surface area contributed by atoms with Gasteiger partial charge < -0.3 is 4.90 Å². The van der Waals surface area contributed by atoms with E-state index in [-0.39, 0.29) is 11.3 Å². The van der Waals surface area contributed by atoms with E-state index in [4.69, 9.17) is 34.8 Å². The Morgan fingerprint density at radius 1 is 0.829 bits per heavy atom. The van der Waals surface area contributed by atoms with Gasteiger partial charge in [-0.2, -0.15) is 0 Å². The number of sulfonamides is 1. The van der Waals surface area contributed by atoms with Gasteiger partial charge in [0, 0.05) is 42.8 Å². The van der Waals surface area contributed by atoms with Gasteiger partial charge in [-0.05, 0) is 80.5 Å². The van der Waals surface area contributed by atoms with Crippen LogP contribution in [0, 0.1) is 5.92 Å². The molecule has 190 valence electrons. The average Bonchev–Trinajstić information content (AvgIpc) is 3.70. The van der Waals surface area contributed by atoms with Gasteiger partial charge in [-0.3, -0.25) is 4.90 Å². The minimum Gasteiger partial charge on any atom is -0.361 e. The molecule has 3 aliphatic rings. The van der Waals surface area contributed by atoms with Crippen LogP contribution in [0.25, 0.3) is 0 Å². The highest BCUT2D eigenvalue weighted by Gasteiger charge is 2.41. The fraction of sp³-hybridized carbons (Fsp3) is 0.538. The molecule has 1 atom stereocenters. The molecule has 9 heteroatoms. The van der Waals surface area contributed by atoms with Gasteiger partial charge >= 0.3 is 0 Å². The Hall–Kier alpha value is -1.02. The molecule has 0 bridgehead atoms. The standard InChI is InChI=1S/C26H32Cl3N3O2S/c27-21-3-1-20(2-4-21)26-18-30(15-16-32(26)25-8-5-22(28)17-24(25)29)12-9-19-10-13-31(14-11-19)35(33,34)23-6-7-23/h1-5,8,17,19,23,26H,6-7,9-16,18H2/t26-/m0/s1. The predicted octanol–water partition coefficient (Wildman–Crippen LogP) is 6.10. The Balaban J connectivity index is 1.22. The lowest BCUT2D eigenvalue weighted by atomic mass is 9.94. The molecule has 0 radical (unpaired) electrons. The van der Waals surface area contributed by atoms with E-state index in [1.54, 1.807) is 10.4 Å². The molecule has 5 rings (SSSR count). The molecule has 0 N–H and O–H groups in total. The third-order valence-electron chi connectivity index (χ3n) is 7.67. The van der Waals surface area contributed by atoms with Crippen LogP contribution in [0.15, 0.2) is 42.5 Å². The van der Waals surface area contributed by atoms with E-state index in [9.17, 15) is 8.42 Å². The zero-order chi connectivity index (χ0) is 24.6. The third kappa shape index (κ3) is 5.94. The summed E-state index contributed by atoms with van der Waals surface area (Å²) in [6.07, 6.45) is 4.71. The maximum Gasteiger partial charge on any atom is 0.216 e. The molecule has 0 unspecified atom stereocenters. The second kappa shape index (κ2) is 10.8. The van der Waals surface area contributed by atoms with Gasteiger partial charge in [-0.15, -0.1) is 0 Å². The van der Waals surface area contributed by atoms with E-state index in [0.717, 1.165) is 69.0 Å². The Kier molecular flexibility index (Phi) is 7.88. The van der Waals surface area contributed by atoms with Crippen molar-refractivity contribution in [3.05, 3.63) is 63.1 Å². The molecule has 2 saturated heterocycles. The largest absolute Gasteiger partial charge is 0.361 e. The summed E-state index contributed by atoms with van der Waals surface area (Å²) in [6, 6.07) is 14.0. The number of piperidine rings is 1. The van der Waals surface area contributed by atoms with Gasteiger partial charge in [0.15, 0.2) is 0 Å². The van der Waals surface area contributed by atoms with Crippen molar-refractivity contribution in [3.63, 3.8) is 0 Å². The normalized spacial score (nSPS) is 23.1. The molecule has 0 spiro atoms. The molecule has 1 saturated carbocycles. The minimum atomic E-state index is -3.04. The van der Waals surface area contributed by atoms with Crippen LogP contribution < -0.4 is 4.90 Å². The highest BCUT2D eigenvalue weighted by atomic mass is 35.5. The first-order valence-corrected chi connectivity index (χ1v) is 15.1. The first-order valence-electron chi connectivity index (χ1n) is 12.5. The Labute approximate surface area is 224 Å². The topological polar surface area (TPSA) is 43.9 Å². The molecular formula is C26H32Cl3N3O2S. The van der Waals surface area contributed by atoms with Crippen molar-refractivity contribution in [2.24, 2.45) is 5.92 Å². The molecule has 0 aromatic heterocycles. The molecule has 1 aliphatic carbocycles. The molecule has 2 heterocycles. The molecule has 3 fully saturated rings. The second-order valence-corrected chi connectivity index (χ2v) is 13.5. The number of hydrogen-bond donors (Lipinski definition) is 0. The molecule has 35 heavy (non-hydrogen) atoms. The maximum atomic E-state index is 12.5. The minimum absolute atomic E-state index is 0.103. The summed E-state index contributed by atoms with van der Waals surface area (Å²) in [5.74, 6) is 0.582. The first-order chi connectivity index (χ1) is 16.8. The van der Waals surface area contributed by atoms with Crippen LogP contribution in [0.1, 0.15) is 43.7 Å². The van der Waals surface area contributed by atoms with Crippen molar-refractivity contribution in [2.45, 2.75) is 43.4 Å². The molecule has 2 aromatic rings. The zero-order valence-corrected chi connectivity index (χ0v) is 22.8. The lowest BCUT2D eigenvalue weighted by Gasteiger charge is -2.44.